The zero-order chi connectivity index (χ0) is 11.7. The molecule has 0 bridgehead atoms. The van der Waals surface area contributed by atoms with Crippen LogP contribution < -0.4 is 11.1 Å². The summed E-state index contributed by atoms with van der Waals surface area (Å²) in [5.74, 6) is 0. The van der Waals surface area contributed by atoms with Crippen molar-refractivity contribution in [3.05, 3.63) is 0 Å². The van der Waals surface area contributed by atoms with E-state index in [-0.39, 0.29) is 6.04 Å². The summed E-state index contributed by atoms with van der Waals surface area (Å²) in [7, 11) is 0. The number of nitrogens with two attached hydrogens (primary N) is 1. The molecule has 0 radical (unpaired) electrons. The van der Waals surface area contributed by atoms with E-state index in [1.54, 1.807) is 20.8 Å². The first-order valence-electron chi connectivity index (χ1n) is 5.47. The fourth-order valence-electron chi connectivity index (χ4n) is 1.44. The Morgan fingerprint density at radius 2 is 2.21 bits per heavy atom. The number of ether oxygens (including phenoxy) is 1. The predicted octanol–water partition coefficient (Wildman–Crippen LogP) is 1.39. The van der Waals surface area contributed by atoms with Crippen molar-refractivity contribution in [3.8, 4) is 0 Å². The molecule has 0 spiro atoms. The molecule has 1 fully saturated rings. The summed E-state index contributed by atoms with van der Waals surface area (Å²) in [4.78, 5) is 11.4. The van der Waals surface area contributed by atoms with E-state index in [9.17, 15) is 4.79 Å². The van der Waals surface area contributed by atoms with Gasteiger partial charge in [-0.05, 0) is 40.0 Å². The van der Waals surface area contributed by atoms with Gasteiger partial charge in [0.15, 0.2) is 0 Å². The highest BCUT2D eigenvalue weighted by atomic mass is 16.6. The molecule has 1 saturated carbocycles. The summed E-state index contributed by atoms with van der Waals surface area (Å²) in [5.41, 5.74) is 5.17. The van der Waals surface area contributed by atoms with Crippen LogP contribution in [0.3, 0.4) is 0 Å². The van der Waals surface area contributed by atoms with Gasteiger partial charge in [-0.1, -0.05) is 0 Å². The van der Waals surface area contributed by atoms with Crippen LogP contribution in [-0.4, -0.2) is 23.8 Å². The fraction of sp³-hybridized carbons (Fsp3) is 0.900. The molecule has 0 saturated heterocycles. The van der Waals surface area contributed by atoms with Gasteiger partial charge in [0.2, 0.25) is 0 Å². The lowest BCUT2D eigenvalue weighted by Crippen LogP contribution is -2.38. The Hall–Kier alpha value is -0.770. The van der Waals surface area contributed by atoms with Crippen molar-refractivity contribution in [1.82, 2.24) is 5.32 Å². The lowest BCUT2D eigenvalue weighted by molar-refractivity contribution is 0.0505. The van der Waals surface area contributed by atoms with E-state index < -0.39 is 17.7 Å². The second-order valence-corrected chi connectivity index (χ2v) is 4.73. The summed E-state index contributed by atoms with van der Waals surface area (Å²) in [6.45, 7) is 5.39. The van der Waals surface area contributed by atoms with Crippen LogP contribution in [0.2, 0.25) is 0 Å². The average Bonchev–Trinajstić information content (AvgIpc) is 2.25. The molecule has 4 heteroatoms. The standard InChI is InChI=1S/C10H20N2O2/c1-10(2,3)14-9(13)12-8-5-4-7(11)6-8/h7-8H,4-6,11H2,1-3H3,(H,12,13)/t7-,8+/m1/s1/i8D. The molecule has 0 aromatic heterocycles. The molecule has 0 aliphatic heterocycles. The van der Waals surface area contributed by atoms with E-state index in [1.165, 1.54) is 0 Å². The maximum absolute atomic E-state index is 11.4. The molecule has 1 aliphatic rings. The minimum absolute atomic E-state index is 0.0115. The first-order chi connectivity index (χ1) is 6.70. The number of carbonyl (C=O) groups excluding carboxylic acids is 1. The van der Waals surface area contributed by atoms with E-state index in [2.05, 4.69) is 5.32 Å². The van der Waals surface area contributed by atoms with Gasteiger partial charge in [0, 0.05) is 12.1 Å². The molecule has 14 heavy (non-hydrogen) atoms. The molecule has 82 valence electrons. The quantitative estimate of drug-likeness (QED) is 0.674. The smallest absolute Gasteiger partial charge is 0.407 e. The second-order valence-electron chi connectivity index (χ2n) is 4.73. The lowest BCUT2D eigenvalue weighted by Gasteiger charge is -2.21. The Bertz CT molecular complexity index is 252. The summed E-state index contributed by atoms with van der Waals surface area (Å²) >= 11 is 0. The summed E-state index contributed by atoms with van der Waals surface area (Å²) < 4.78 is 13.0. The van der Waals surface area contributed by atoms with Crippen LogP contribution >= 0.6 is 0 Å². The Morgan fingerprint density at radius 3 is 2.64 bits per heavy atom. The third-order valence-corrected chi connectivity index (χ3v) is 2.00. The average molecular weight is 201 g/mol. The van der Waals surface area contributed by atoms with E-state index in [0.717, 1.165) is 6.42 Å². The van der Waals surface area contributed by atoms with Crippen molar-refractivity contribution in [1.29, 1.82) is 0 Å². The van der Waals surface area contributed by atoms with Gasteiger partial charge in [-0.25, -0.2) is 4.79 Å². The highest BCUT2D eigenvalue weighted by Crippen LogP contribution is 2.17. The van der Waals surface area contributed by atoms with Gasteiger partial charge in [0.1, 0.15) is 5.60 Å². The molecule has 3 N–H and O–H groups in total. The number of rotatable bonds is 1. The van der Waals surface area contributed by atoms with E-state index in [1.807, 2.05) is 0 Å². The van der Waals surface area contributed by atoms with Gasteiger partial charge < -0.3 is 15.8 Å². The van der Waals surface area contributed by atoms with Crippen LogP contribution in [0.15, 0.2) is 0 Å². The third-order valence-electron chi connectivity index (χ3n) is 2.00. The Balaban J connectivity index is 2.45. The lowest BCUT2D eigenvalue weighted by atomic mass is 10.2. The van der Waals surface area contributed by atoms with Crippen LogP contribution in [0.1, 0.15) is 41.4 Å². The molecule has 4 nitrogen and oxygen atoms in total. The van der Waals surface area contributed by atoms with Crippen molar-refractivity contribution in [2.75, 3.05) is 0 Å². The molecular weight excluding hydrogens is 180 g/mol. The molecule has 1 aliphatic carbocycles. The molecule has 0 aromatic carbocycles. The largest absolute Gasteiger partial charge is 0.444 e. The van der Waals surface area contributed by atoms with Gasteiger partial charge in [-0.2, -0.15) is 0 Å². The highest BCUT2D eigenvalue weighted by Gasteiger charge is 2.25. The van der Waals surface area contributed by atoms with Crippen LogP contribution in [0, 0.1) is 0 Å². The van der Waals surface area contributed by atoms with Gasteiger partial charge in [0.05, 0.1) is 1.37 Å². The number of hydrogen-bond acceptors (Lipinski definition) is 3. The minimum Gasteiger partial charge on any atom is -0.444 e. The Kier molecular flexibility index (Phi) is 2.91. The third kappa shape index (κ3) is 3.96. The van der Waals surface area contributed by atoms with Crippen LogP contribution in [-0.2, 0) is 4.74 Å². The summed E-state index contributed by atoms with van der Waals surface area (Å²) in [6, 6.07) is -0.931. The minimum atomic E-state index is -0.943. The molecule has 0 aromatic rings. The first kappa shape index (κ1) is 9.77. The molecule has 1 amide bonds. The summed E-state index contributed by atoms with van der Waals surface area (Å²) in [6.07, 6.45) is 1.32. The zero-order valence-electron chi connectivity index (χ0n) is 10.1. The van der Waals surface area contributed by atoms with E-state index in [4.69, 9.17) is 11.8 Å². The first-order valence-corrected chi connectivity index (χ1v) is 4.97. The van der Waals surface area contributed by atoms with Gasteiger partial charge in [-0.15, -0.1) is 0 Å². The maximum atomic E-state index is 11.4. The van der Waals surface area contributed by atoms with E-state index in [0.29, 0.717) is 12.8 Å². The topological polar surface area (TPSA) is 64.3 Å². The van der Waals surface area contributed by atoms with Crippen LogP contribution in [0.5, 0.6) is 0 Å². The van der Waals surface area contributed by atoms with E-state index >= 15 is 0 Å². The van der Waals surface area contributed by atoms with Gasteiger partial charge in [0.25, 0.3) is 0 Å². The van der Waals surface area contributed by atoms with Crippen molar-refractivity contribution < 1.29 is 10.9 Å². The van der Waals surface area contributed by atoms with Crippen LogP contribution in [0.25, 0.3) is 0 Å². The van der Waals surface area contributed by atoms with Gasteiger partial charge in [-0.3, -0.25) is 0 Å². The van der Waals surface area contributed by atoms with Crippen molar-refractivity contribution in [3.63, 3.8) is 0 Å². The van der Waals surface area contributed by atoms with Crippen molar-refractivity contribution >= 4 is 6.09 Å². The number of nitrogens with one attached hydrogen (secondary N) is 1. The SMILES string of the molecule is [2H][C@]1(NC(=O)OC(C)(C)C)CC[C@@H](N)C1. The second kappa shape index (κ2) is 4.17. The molecule has 0 heterocycles. The maximum Gasteiger partial charge on any atom is 0.407 e. The molecular formula is C10H20N2O2. The predicted molar refractivity (Wildman–Crippen MR) is 55.0 cm³/mol. The van der Waals surface area contributed by atoms with Crippen molar-refractivity contribution in [2.45, 2.75) is 57.7 Å². The Morgan fingerprint density at radius 1 is 1.57 bits per heavy atom. The number of hydrogen-bond donors (Lipinski definition) is 2. The monoisotopic (exact) mass is 201 g/mol. The molecule has 0 unspecified atom stereocenters. The van der Waals surface area contributed by atoms with Crippen molar-refractivity contribution in [2.24, 2.45) is 5.73 Å². The Labute approximate surface area is 86.6 Å². The normalized spacial score (nSPS) is 33.7. The highest BCUT2D eigenvalue weighted by molar-refractivity contribution is 5.68. The summed E-state index contributed by atoms with van der Waals surface area (Å²) in [5, 5.41) is 2.57. The molecule has 2 atom stereocenters. The number of amides is 1. The van der Waals surface area contributed by atoms with Gasteiger partial charge >= 0.3 is 6.09 Å². The molecule has 1 rings (SSSR count). The van der Waals surface area contributed by atoms with Crippen LogP contribution in [0.4, 0.5) is 4.79 Å². The number of carbonyl (C=O) groups is 1. The number of alkyl carbamates (subject to hydrolysis) is 1. The zero-order valence-corrected chi connectivity index (χ0v) is 9.09. The fourth-order valence-corrected chi connectivity index (χ4v) is 1.44.